The number of nitrogens with zero attached hydrogens (tertiary/aromatic N) is 2. The fourth-order valence-electron chi connectivity index (χ4n) is 6.02. The number of hydrogen-bond acceptors (Lipinski definition) is 4. The molecule has 5 rings (SSSR count). The van der Waals surface area contributed by atoms with Gasteiger partial charge in [-0.15, -0.1) is 0 Å². The first-order chi connectivity index (χ1) is 22.6. The van der Waals surface area contributed by atoms with Crippen molar-refractivity contribution in [2.24, 2.45) is 0 Å². The first kappa shape index (κ1) is 34.5. The Bertz CT molecular complexity index is 1780. The molecule has 1 fully saturated rings. The van der Waals surface area contributed by atoms with Gasteiger partial charge in [-0.25, -0.2) is 8.42 Å². The van der Waals surface area contributed by atoms with Crippen molar-refractivity contribution >= 4 is 50.7 Å². The van der Waals surface area contributed by atoms with Gasteiger partial charge in [-0.2, -0.15) is 0 Å². The summed E-state index contributed by atoms with van der Waals surface area (Å²) < 4.78 is 29.4. The molecule has 0 aliphatic heterocycles. The summed E-state index contributed by atoms with van der Waals surface area (Å²) in [5, 5.41) is 3.60. The normalized spacial score (nSPS) is 14.3. The van der Waals surface area contributed by atoms with Crippen molar-refractivity contribution in [3.05, 3.63) is 130 Å². The summed E-state index contributed by atoms with van der Waals surface area (Å²) in [6.07, 6.45) is 5.22. The molecule has 47 heavy (non-hydrogen) atoms. The van der Waals surface area contributed by atoms with E-state index in [4.69, 9.17) is 23.2 Å². The van der Waals surface area contributed by atoms with E-state index >= 15 is 0 Å². The summed E-state index contributed by atoms with van der Waals surface area (Å²) in [4.78, 5) is 30.4. The van der Waals surface area contributed by atoms with E-state index in [-0.39, 0.29) is 45.5 Å². The van der Waals surface area contributed by atoms with Gasteiger partial charge in [0.15, 0.2) is 0 Å². The number of rotatable bonds is 12. The van der Waals surface area contributed by atoms with Crippen LogP contribution < -0.4 is 9.62 Å². The molecule has 0 spiro atoms. The molecule has 0 unspecified atom stereocenters. The van der Waals surface area contributed by atoms with Crippen molar-refractivity contribution < 1.29 is 18.0 Å². The van der Waals surface area contributed by atoms with Crippen LogP contribution in [-0.4, -0.2) is 43.8 Å². The zero-order valence-corrected chi connectivity index (χ0v) is 28.6. The van der Waals surface area contributed by atoms with E-state index in [9.17, 15) is 18.0 Å². The summed E-state index contributed by atoms with van der Waals surface area (Å²) in [5.41, 5.74) is 2.77. The van der Waals surface area contributed by atoms with Crippen molar-refractivity contribution in [2.75, 3.05) is 10.8 Å². The van der Waals surface area contributed by atoms with Crippen molar-refractivity contribution in [1.29, 1.82) is 0 Å². The quantitative estimate of drug-likeness (QED) is 0.166. The van der Waals surface area contributed by atoms with Crippen LogP contribution in [0.3, 0.4) is 0 Å². The van der Waals surface area contributed by atoms with E-state index in [0.29, 0.717) is 0 Å². The molecule has 1 N–H and O–H groups in total. The van der Waals surface area contributed by atoms with Crippen LogP contribution in [-0.2, 0) is 32.6 Å². The number of benzene rings is 4. The number of sulfonamides is 1. The molecule has 0 aromatic heterocycles. The summed E-state index contributed by atoms with van der Waals surface area (Å²) in [6.45, 7) is 1.45. The Labute approximate surface area is 287 Å². The highest BCUT2D eigenvalue weighted by molar-refractivity contribution is 7.92. The molecule has 0 saturated heterocycles. The standard InChI is InChI=1S/C37H39Cl2N3O4S/c1-27-12-11-15-29(22-27)25-41(35(23-28-13-5-2-6-14-28)37(44)40-31-16-7-3-8-17-31)36(43)26-42(34-24-30(38)20-21-33(34)39)47(45,46)32-18-9-4-10-19-32/h2,4-6,9-15,18-22,24,31,35H,3,7-8,16-17,23,25-26H2,1H3,(H,40,44)/t35-/m1/s1. The van der Waals surface area contributed by atoms with Crippen LogP contribution in [0, 0.1) is 6.92 Å². The van der Waals surface area contributed by atoms with Crippen LogP contribution in [0.15, 0.2) is 108 Å². The Morgan fingerprint density at radius 3 is 2.17 bits per heavy atom. The smallest absolute Gasteiger partial charge is 0.264 e. The van der Waals surface area contributed by atoms with E-state index in [1.54, 1.807) is 24.3 Å². The molecular weight excluding hydrogens is 653 g/mol. The van der Waals surface area contributed by atoms with Gasteiger partial charge in [0.2, 0.25) is 11.8 Å². The first-order valence-electron chi connectivity index (χ1n) is 15.8. The minimum atomic E-state index is -4.29. The third-order valence-corrected chi connectivity index (χ3v) is 10.8. The van der Waals surface area contributed by atoms with Crippen LogP contribution in [0.25, 0.3) is 0 Å². The number of anilines is 1. The van der Waals surface area contributed by atoms with Crippen molar-refractivity contribution in [2.45, 2.75) is 69.0 Å². The van der Waals surface area contributed by atoms with Crippen LogP contribution in [0.4, 0.5) is 5.69 Å². The molecule has 7 nitrogen and oxygen atoms in total. The number of hydrogen-bond donors (Lipinski definition) is 1. The third kappa shape index (κ3) is 8.95. The van der Waals surface area contributed by atoms with Gasteiger partial charge in [-0.3, -0.25) is 13.9 Å². The maximum absolute atomic E-state index is 14.7. The fraction of sp³-hybridized carbons (Fsp3) is 0.297. The number of nitrogens with one attached hydrogen (secondary N) is 1. The highest BCUT2D eigenvalue weighted by Gasteiger charge is 2.36. The number of aryl methyl sites for hydroxylation is 1. The van der Waals surface area contributed by atoms with E-state index in [1.807, 2.05) is 61.5 Å². The van der Waals surface area contributed by atoms with E-state index in [2.05, 4.69) is 5.32 Å². The Kier molecular flexibility index (Phi) is 11.6. The molecule has 4 aromatic rings. The van der Waals surface area contributed by atoms with Crippen molar-refractivity contribution in [3.63, 3.8) is 0 Å². The van der Waals surface area contributed by atoms with Crippen LogP contribution >= 0.6 is 23.2 Å². The van der Waals surface area contributed by atoms with Gasteiger partial charge in [0.1, 0.15) is 12.6 Å². The summed E-state index contributed by atoms with van der Waals surface area (Å²) in [5.74, 6) is -0.818. The average molecular weight is 693 g/mol. The van der Waals surface area contributed by atoms with Crippen LogP contribution in [0.2, 0.25) is 10.0 Å². The van der Waals surface area contributed by atoms with Gasteiger partial charge in [0, 0.05) is 24.0 Å². The van der Waals surface area contributed by atoms with Gasteiger partial charge in [-0.1, -0.05) is 121 Å². The topological polar surface area (TPSA) is 86.8 Å². The zero-order chi connectivity index (χ0) is 33.4. The van der Waals surface area contributed by atoms with Crippen molar-refractivity contribution in [3.8, 4) is 0 Å². The van der Waals surface area contributed by atoms with Crippen molar-refractivity contribution in [1.82, 2.24) is 10.2 Å². The number of amides is 2. The highest BCUT2D eigenvalue weighted by atomic mass is 35.5. The molecule has 0 heterocycles. The van der Waals surface area contributed by atoms with Gasteiger partial charge < -0.3 is 10.2 Å². The first-order valence-corrected chi connectivity index (χ1v) is 18.0. The lowest BCUT2D eigenvalue weighted by atomic mass is 9.94. The summed E-state index contributed by atoms with van der Waals surface area (Å²) >= 11 is 12.9. The lowest BCUT2D eigenvalue weighted by molar-refractivity contribution is -0.140. The maximum Gasteiger partial charge on any atom is 0.264 e. The fourth-order valence-corrected chi connectivity index (χ4v) is 7.90. The molecule has 2 amide bonds. The zero-order valence-electron chi connectivity index (χ0n) is 26.3. The van der Waals surface area contributed by atoms with Gasteiger partial charge in [0.05, 0.1) is 15.6 Å². The molecule has 10 heteroatoms. The Morgan fingerprint density at radius 2 is 1.49 bits per heavy atom. The number of halogens is 2. The molecule has 0 bridgehead atoms. The second kappa shape index (κ2) is 15.8. The number of carbonyl (C=O) groups excluding carboxylic acids is 2. The predicted octanol–water partition coefficient (Wildman–Crippen LogP) is 7.59. The Hall–Kier alpha value is -3.85. The minimum Gasteiger partial charge on any atom is -0.352 e. The molecule has 1 aliphatic rings. The third-order valence-electron chi connectivity index (χ3n) is 8.44. The lowest BCUT2D eigenvalue weighted by Gasteiger charge is -2.35. The summed E-state index contributed by atoms with van der Waals surface area (Å²) in [6, 6.07) is 28.7. The second-order valence-electron chi connectivity index (χ2n) is 12.0. The monoisotopic (exact) mass is 691 g/mol. The van der Waals surface area contributed by atoms with E-state index < -0.39 is 28.5 Å². The van der Waals surface area contributed by atoms with E-state index in [0.717, 1.165) is 53.1 Å². The SMILES string of the molecule is Cc1cccc(CN(C(=O)CN(c2cc(Cl)ccc2Cl)S(=O)(=O)c2ccccc2)[C@H](Cc2ccccc2)C(=O)NC2CCCCC2)c1. The number of carbonyl (C=O) groups is 2. The van der Waals surface area contributed by atoms with Crippen LogP contribution in [0.1, 0.15) is 48.8 Å². The lowest BCUT2D eigenvalue weighted by Crippen LogP contribution is -2.55. The Morgan fingerprint density at radius 1 is 0.830 bits per heavy atom. The molecular formula is C37H39Cl2N3O4S. The van der Waals surface area contributed by atoms with E-state index in [1.165, 1.54) is 29.2 Å². The molecule has 1 aliphatic carbocycles. The van der Waals surface area contributed by atoms with Crippen LogP contribution in [0.5, 0.6) is 0 Å². The average Bonchev–Trinajstić information content (AvgIpc) is 3.07. The Balaban J connectivity index is 1.58. The molecule has 4 aromatic carbocycles. The molecule has 246 valence electrons. The largest absolute Gasteiger partial charge is 0.352 e. The highest BCUT2D eigenvalue weighted by Crippen LogP contribution is 2.33. The second-order valence-corrected chi connectivity index (χ2v) is 14.7. The molecule has 1 atom stereocenters. The maximum atomic E-state index is 14.7. The predicted molar refractivity (Wildman–Crippen MR) is 188 cm³/mol. The van der Waals surface area contributed by atoms with Gasteiger partial charge in [-0.05, 0) is 61.2 Å². The minimum absolute atomic E-state index is 0.00930. The molecule has 1 saturated carbocycles. The van der Waals surface area contributed by atoms with Gasteiger partial charge in [0.25, 0.3) is 10.0 Å². The molecule has 0 radical (unpaired) electrons. The summed E-state index contributed by atoms with van der Waals surface area (Å²) in [7, 11) is -4.29. The van der Waals surface area contributed by atoms with Gasteiger partial charge >= 0.3 is 0 Å².